The molecule has 19 heavy (non-hydrogen) atoms. The summed E-state index contributed by atoms with van der Waals surface area (Å²) in [4.78, 5) is 0. The Balaban J connectivity index is 0.000000415. The molecule has 0 atom stereocenters. The highest BCUT2D eigenvalue weighted by atomic mass is 14.1. The number of benzene rings is 2. The lowest BCUT2D eigenvalue weighted by Crippen LogP contribution is -1.96. The number of rotatable bonds is 0. The van der Waals surface area contributed by atoms with Crippen molar-refractivity contribution in [1.82, 2.24) is 0 Å². The van der Waals surface area contributed by atoms with Crippen LogP contribution in [0.1, 0.15) is 50.8 Å². The molecule has 0 saturated heterocycles. The maximum atomic E-state index is 2.31. The Hall–Kier alpha value is -1.56. The smallest absolute Gasteiger partial charge is 0.0143 e. The number of hydrogen-bond donors (Lipinski definition) is 0. The molecule has 0 bridgehead atoms. The third-order valence-electron chi connectivity index (χ3n) is 3.26. The minimum atomic E-state index is 1.18. The molecule has 2 aromatic carbocycles. The van der Waals surface area contributed by atoms with Crippen LogP contribution in [0.5, 0.6) is 0 Å². The van der Waals surface area contributed by atoms with Gasteiger partial charge in [-0.1, -0.05) is 70.2 Å². The first-order chi connectivity index (χ1) is 9.36. The van der Waals surface area contributed by atoms with Crippen molar-refractivity contribution in [3.8, 4) is 0 Å². The average Bonchev–Trinajstić information content (AvgIpc) is 2.52. The molecule has 3 rings (SSSR count). The van der Waals surface area contributed by atoms with Gasteiger partial charge in [0.15, 0.2) is 0 Å². The minimum absolute atomic E-state index is 1.18. The topological polar surface area (TPSA) is 0 Å². The van der Waals surface area contributed by atoms with Crippen molar-refractivity contribution in [1.29, 1.82) is 0 Å². The Bertz CT molecular complexity index is 547. The lowest BCUT2D eigenvalue weighted by Gasteiger charge is -2.15. The summed E-state index contributed by atoms with van der Waals surface area (Å²) in [6.07, 6.45) is 6.90. The van der Waals surface area contributed by atoms with Crippen molar-refractivity contribution < 1.29 is 0 Å². The van der Waals surface area contributed by atoms with Gasteiger partial charge >= 0.3 is 0 Å². The number of fused-ring (bicyclic) bond motifs is 3. The molecule has 0 unspecified atom stereocenters. The fourth-order valence-electron chi connectivity index (χ4n) is 2.51. The highest BCUT2D eigenvalue weighted by molar-refractivity contribution is 5.91. The van der Waals surface area contributed by atoms with E-state index in [-0.39, 0.29) is 0 Å². The predicted molar refractivity (Wildman–Crippen MR) is 88.7 cm³/mol. The molecule has 0 nitrogen and oxygen atoms in total. The van der Waals surface area contributed by atoms with Gasteiger partial charge in [0.1, 0.15) is 0 Å². The molecule has 1 aliphatic rings. The molecule has 2 aromatic rings. The van der Waals surface area contributed by atoms with Crippen LogP contribution in [0, 0.1) is 6.92 Å². The number of aryl methyl sites for hydroxylation is 2. The van der Waals surface area contributed by atoms with Gasteiger partial charge < -0.3 is 0 Å². The molecule has 0 radical (unpaired) electrons. The van der Waals surface area contributed by atoms with Crippen molar-refractivity contribution in [3.63, 3.8) is 0 Å². The summed E-state index contributed by atoms with van der Waals surface area (Å²) in [5, 5.41) is 2.85. The normalized spacial score (nSPS) is 11.8. The van der Waals surface area contributed by atoms with Crippen LogP contribution < -0.4 is 0 Å². The zero-order valence-corrected chi connectivity index (χ0v) is 13.0. The van der Waals surface area contributed by atoms with E-state index < -0.39 is 0 Å². The van der Waals surface area contributed by atoms with E-state index in [2.05, 4.69) is 49.4 Å². The molecule has 0 aliphatic heterocycles. The van der Waals surface area contributed by atoms with Gasteiger partial charge in [-0.2, -0.15) is 0 Å². The SMILES string of the molecule is CC.CC.Cc1cc2c(c3ccccc13)CCC=C2. The van der Waals surface area contributed by atoms with E-state index in [9.17, 15) is 0 Å². The zero-order valence-electron chi connectivity index (χ0n) is 13.0. The third kappa shape index (κ3) is 3.26. The van der Waals surface area contributed by atoms with Gasteiger partial charge in [-0.15, -0.1) is 0 Å². The van der Waals surface area contributed by atoms with Crippen LogP contribution in [-0.2, 0) is 6.42 Å². The molecular formula is C19H26. The van der Waals surface area contributed by atoms with Gasteiger partial charge in [0.05, 0.1) is 0 Å². The van der Waals surface area contributed by atoms with Gasteiger partial charge in [0, 0.05) is 0 Å². The largest absolute Gasteiger partial charge is 0.0836 e. The van der Waals surface area contributed by atoms with E-state index in [0.29, 0.717) is 0 Å². The van der Waals surface area contributed by atoms with Crippen molar-refractivity contribution in [2.45, 2.75) is 47.5 Å². The number of hydrogen-bond acceptors (Lipinski definition) is 0. The first-order valence-electron chi connectivity index (χ1n) is 7.54. The maximum absolute atomic E-state index is 2.31. The third-order valence-corrected chi connectivity index (χ3v) is 3.26. The van der Waals surface area contributed by atoms with E-state index in [1.165, 1.54) is 40.3 Å². The van der Waals surface area contributed by atoms with Crippen LogP contribution in [0.25, 0.3) is 16.8 Å². The summed E-state index contributed by atoms with van der Waals surface area (Å²) < 4.78 is 0. The van der Waals surface area contributed by atoms with Gasteiger partial charge in [-0.05, 0) is 47.2 Å². The Morgan fingerprint density at radius 3 is 2.21 bits per heavy atom. The molecule has 0 heteroatoms. The van der Waals surface area contributed by atoms with Crippen LogP contribution in [0.2, 0.25) is 0 Å². The molecule has 0 N–H and O–H groups in total. The number of allylic oxidation sites excluding steroid dienone is 1. The Kier molecular flexibility index (Phi) is 6.35. The van der Waals surface area contributed by atoms with E-state index >= 15 is 0 Å². The predicted octanol–water partition coefficient (Wildman–Crippen LogP) is 6.16. The second-order valence-corrected chi connectivity index (χ2v) is 4.25. The van der Waals surface area contributed by atoms with E-state index in [1.807, 2.05) is 27.7 Å². The quantitative estimate of drug-likeness (QED) is 0.528. The second-order valence-electron chi connectivity index (χ2n) is 4.25. The van der Waals surface area contributed by atoms with Crippen LogP contribution in [0.4, 0.5) is 0 Å². The second kappa shape index (κ2) is 7.78. The first kappa shape index (κ1) is 15.5. The molecule has 0 heterocycles. The van der Waals surface area contributed by atoms with Crippen molar-refractivity contribution in [3.05, 3.63) is 53.1 Å². The van der Waals surface area contributed by atoms with Crippen LogP contribution in [0.15, 0.2) is 36.4 Å². The standard InChI is InChI=1S/C15H14.2C2H6/c1-11-10-12-6-2-3-8-14(12)15-9-5-4-7-13(11)15;2*1-2/h2,4-7,9-10H,3,8H2,1H3;2*1-2H3. The average molecular weight is 254 g/mol. The molecule has 102 valence electrons. The van der Waals surface area contributed by atoms with Crippen molar-refractivity contribution in [2.75, 3.05) is 0 Å². The van der Waals surface area contributed by atoms with Crippen LogP contribution in [-0.4, -0.2) is 0 Å². The summed E-state index contributed by atoms with van der Waals surface area (Å²) in [7, 11) is 0. The summed E-state index contributed by atoms with van der Waals surface area (Å²) in [6.45, 7) is 10.2. The van der Waals surface area contributed by atoms with Gasteiger partial charge in [0.25, 0.3) is 0 Å². The Labute approximate surface area is 118 Å². The Morgan fingerprint density at radius 2 is 1.53 bits per heavy atom. The molecule has 0 spiro atoms. The summed E-state index contributed by atoms with van der Waals surface area (Å²) in [6, 6.07) is 11.1. The summed E-state index contributed by atoms with van der Waals surface area (Å²) >= 11 is 0. The molecule has 0 saturated carbocycles. The zero-order chi connectivity index (χ0) is 14.3. The van der Waals surface area contributed by atoms with Crippen molar-refractivity contribution >= 4 is 16.8 Å². The van der Waals surface area contributed by atoms with Gasteiger partial charge in [-0.25, -0.2) is 0 Å². The lowest BCUT2D eigenvalue weighted by molar-refractivity contribution is 0.996. The molecular weight excluding hydrogens is 228 g/mol. The molecule has 1 aliphatic carbocycles. The fraction of sp³-hybridized carbons (Fsp3) is 0.368. The van der Waals surface area contributed by atoms with Crippen molar-refractivity contribution in [2.24, 2.45) is 0 Å². The lowest BCUT2D eigenvalue weighted by atomic mass is 9.89. The molecule has 0 amide bonds. The fourth-order valence-corrected chi connectivity index (χ4v) is 2.51. The minimum Gasteiger partial charge on any atom is -0.0836 e. The van der Waals surface area contributed by atoms with Crippen LogP contribution >= 0.6 is 0 Å². The monoisotopic (exact) mass is 254 g/mol. The van der Waals surface area contributed by atoms with E-state index in [1.54, 1.807) is 0 Å². The Morgan fingerprint density at radius 1 is 0.895 bits per heavy atom. The maximum Gasteiger partial charge on any atom is -0.0143 e. The van der Waals surface area contributed by atoms with Crippen LogP contribution in [0.3, 0.4) is 0 Å². The molecule has 0 fully saturated rings. The van der Waals surface area contributed by atoms with E-state index in [0.717, 1.165) is 0 Å². The highest BCUT2D eigenvalue weighted by Gasteiger charge is 2.09. The van der Waals surface area contributed by atoms with Gasteiger partial charge in [-0.3, -0.25) is 0 Å². The first-order valence-corrected chi connectivity index (χ1v) is 7.54. The van der Waals surface area contributed by atoms with Gasteiger partial charge in [0.2, 0.25) is 0 Å². The highest BCUT2D eigenvalue weighted by Crippen LogP contribution is 2.30. The summed E-state index contributed by atoms with van der Waals surface area (Å²) in [5.41, 5.74) is 4.33. The molecule has 0 aromatic heterocycles. The van der Waals surface area contributed by atoms with E-state index in [4.69, 9.17) is 0 Å². The summed E-state index contributed by atoms with van der Waals surface area (Å²) in [5.74, 6) is 0.